The van der Waals surface area contributed by atoms with Gasteiger partial charge in [0, 0.05) is 5.69 Å². The van der Waals surface area contributed by atoms with E-state index in [1.807, 2.05) is 0 Å². The summed E-state index contributed by atoms with van der Waals surface area (Å²) in [6.07, 6.45) is 1.21. The highest BCUT2D eigenvalue weighted by atomic mass is 19.1. The molecule has 0 saturated carbocycles. The number of carbonyl (C=O) groups excluding carboxylic acids is 2. The number of nitrogens with zero attached hydrogens (tertiary/aromatic N) is 1. The number of imidazole rings is 1. The number of halogens is 1. The highest BCUT2D eigenvalue weighted by Crippen LogP contribution is 2.11. The summed E-state index contributed by atoms with van der Waals surface area (Å²) in [5.41, 5.74) is 0.267. The van der Waals surface area contributed by atoms with Gasteiger partial charge in [-0.15, -0.1) is 0 Å². The molecule has 1 heterocycles. The predicted octanol–water partition coefficient (Wildman–Crippen LogP) is 1.59. The number of benzene rings is 1. The lowest BCUT2D eigenvalue weighted by molar-refractivity contribution is 0.0591. The van der Waals surface area contributed by atoms with Crippen molar-refractivity contribution in [2.75, 3.05) is 12.4 Å². The number of amides is 1. The SMILES string of the molecule is COC(=O)c1[nH]cnc1C(=O)Nc1ccc(F)cc1. The number of aromatic amines is 1. The Balaban J connectivity index is 2.18. The highest BCUT2D eigenvalue weighted by molar-refractivity contribution is 6.08. The Hall–Kier alpha value is -2.70. The Bertz CT molecular complexity index is 607. The third kappa shape index (κ3) is 2.76. The van der Waals surface area contributed by atoms with Crippen LogP contribution in [0.3, 0.4) is 0 Å². The van der Waals surface area contributed by atoms with Crippen molar-refractivity contribution in [3.63, 3.8) is 0 Å². The number of nitrogens with one attached hydrogen (secondary N) is 2. The number of anilines is 1. The average molecular weight is 263 g/mol. The third-order valence-electron chi connectivity index (χ3n) is 2.35. The first kappa shape index (κ1) is 12.7. The summed E-state index contributed by atoms with van der Waals surface area (Å²) < 4.78 is 17.2. The van der Waals surface area contributed by atoms with Crippen LogP contribution >= 0.6 is 0 Å². The number of esters is 1. The number of H-pyrrole nitrogens is 1. The molecular formula is C12H10FN3O3. The Morgan fingerprint density at radius 3 is 2.63 bits per heavy atom. The number of hydrogen-bond acceptors (Lipinski definition) is 4. The van der Waals surface area contributed by atoms with Gasteiger partial charge in [-0.3, -0.25) is 4.79 Å². The standard InChI is InChI=1S/C12H10FN3O3/c1-19-12(18)10-9(14-6-15-10)11(17)16-8-4-2-7(13)3-5-8/h2-6H,1H3,(H,14,15)(H,16,17). The molecule has 7 heteroatoms. The summed E-state index contributed by atoms with van der Waals surface area (Å²) in [4.78, 5) is 29.6. The van der Waals surface area contributed by atoms with Crippen LogP contribution in [0.1, 0.15) is 21.0 Å². The normalized spacial score (nSPS) is 10.0. The molecule has 2 N–H and O–H groups in total. The fraction of sp³-hybridized carbons (Fsp3) is 0.0833. The molecule has 0 fully saturated rings. The maximum atomic E-state index is 12.7. The molecule has 1 aromatic heterocycles. The quantitative estimate of drug-likeness (QED) is 0.823. The largest absolute Gasteiger partial charge is 0.464 e. The Morgan fingerprint density at radius 2 is 2.00 bits per heavy atom. The molecule has 0 atom stereocenters. The van der Waals surface area contributed by atoms with Crippen molar-refractivity contribution < 1.29 is 18.7 Å². The van der Waals surface area contributed by atoms with Crippen LogP contribution in [0.15, 0.2) is 30.6 Å². The molecule has 0 radical (unpaired) electrons. The third-order valence-corrected chi connectivity index (χ3v) is 2.35. The lowest BCUT2D eigenvalue weighted by atomic mass is 10.2. The smallest absolute Gasteiger partial charge is 0.356 e. The number of rotatable bonds is 3. The zero-order chi connectivity index (χ0) is 13.8. The van der Waals surface area contributed by atoms with Crippen LogP contribution in [-0.2, 0) is 4.74 Å². The van der Waals surface area contributed by atoms with Crippen LogP contribution in [0.4, 0.5) is 10.1 Å². The van der Waals surface area contributed by atoms with E-state index in [9.17, 15) is 14.0 Å². The topological polar surface area (TPSA) is 84.1 Å². The molecule has 2 aromatic rings. The predicted molar refractivity (Wildman–Crippen MR) is 64.3 cm³/mol. The fourth-order valence-corrected chi connectivity index (χ4v) is 1.45. The Kier molecular flexibility index (Phi) is 3.56. The molecule has 2 rings (SSSR count). The lowest BCUT2D eigenvalue weighted by Crippen LogP contribution is -2.17. The molecule has 0 aliphatic heterocycles. The average Bonchev–Trinajstić information content (AvgIpc) is 2.90. The van der Waals surface area contributed by atoms with Gasteiger partial charge >= 0.3 is 5.97 Å². The van der Waals surface area contributed by atoms with E-state index in [2.05, 4.69) is 20.0 Å². The van der Waals surface area contributed by atoms with Gasteiger partial charge in [0.05, 0.1) is 13.4 Å². The molecule has 0 saturated heterocycles. The van der Waals surface area contributed by atoms with Gasteiger partial charge in [0.25, 0.3) is 5.91 Å². The first-order chi connectivity index (χ1) is 9.11. The first-order valence-electron chi connectivity index (χ1n) is 5.30. The van der Waals surface area contributed by atoms with Crippen molar-refractivity contribution in [3.05, 3.63) is 47.8 Å². The molecule has 6 nitrogen and oxygen atoms in total. The van der Waals surface area contributed by atoms with Crippen molar-refractivity contribution in [2.45, 2.75) is 0 Å². The van der Waals surface area contributed by atoms with Gasteiger partial charge in [0.2, 0.25) is 0 Å². The van der Waals surface area contributed by atoms with Crippen molar-refractivity contribution >= 4 is 17.6 Å². The van der Waals surface area contributed by atoms with Gasteiger partial charge in [-0.25, -0.2) is 14.2 Å². The van der Waals surface area contributed by atoms with E-state index in [4.69, 9.17) is 0 Å². The summed E-state index contributed by atoms with van der Waals surface area (Å²) in [7, 11) is 1.20. The molecule has 98 valence electrons. The zero-order valence-electron chi connectivity index (χ0n) is 9.94. The van der Waals surface area contributed by atoms with E-state index in [0.717, 1.165) is 0 Å². The fourth-order valence-electron chi connectivity index (χ4n) is 1.45. The summed E-state index contributed by atoms with van der Waals surface area (Å²) in [6, 6.07) is 5.22. The van der Waals surface area contributed by atoms with E-state index < -0.39 is 17.7 Å². The molecule has 19 heavy (non-hydrogen) atoms. The number of hydrogen-bond donors (Lipinski definition) is 2. The van der Waals surface area contributed by atoms with Crippen molar-refractivity contribution in [3.8, 4) is 0 Å². The van der Waals surface area contributed by atoms with Gasteiger partial charge in [-0.05, 0) is 24.3 Å². The number of methoxy groups -OCH3 is 1. The Labute approximate surface area is 107 Å². The summed E-state index contributed by atoms with van der Waals surface area (Å²) in [5, 5.41) is 2.50. The van der Waals surface area contributed by atoms with Gasteiger partial charge in [0.15, 0.2) is 11.4 Å². The van der Waals surface area contributed by atoms with Crippen LogP contribution < -0.4 is 5.32 Å². The summed E-state index contributed by atoms with van der Waals surface area (Å²) >= 11 is 0. The van der Waals surface area contributed by atoms with Crippen molar-refractivity contribution in [1.29, 1.82) is 0 Å². The van der Waals surface area contributed by atoms with E-state index in [1.54, 1.807) is 0 Å². The molecule has 1 amide bonds. The number of aromatic nitrogens is 2. The number of carbonyl (C=O) groups is 2. The molecular weight excluding hydrogens is 253 g/mol. The molecule has 0 aliphatic rings. The van der Waals surface area contributed by atoms with E-state index in [-0.39, 0.29) is 11.4 Å². The second-order valence-electron chi connectivity index (χ2n) is 3.58. The minimum absolute atomic E-state index is 0.0397. The van der Waals surface area contributed by atoms with Crippen molar-refractivity contribution in [1.82, 2.24) is 9.97 Å². The molecule has 0 bridgehead atoms. The van der Waals surface area contributed by atoms with Gasteiger partial charge < -0.3 is 15.0 Å². The van der Waals surface area contributed by atoms with Crippen LogP contribution in [0.5, 0.6) is 0 Å². The highest BCUT2D eigenvalue weighted by Gasteiger charge is 2.20. The van der Waals surface area contributed by atoms with Gasteiger partial charge in [0.1, 0.15) is 5.82 Å². The first-order valence-corrected chi connectivity index (χ1v) is 5.30. The van der Waals surface area contributed by atoms with Gasteiger partial charge in [-0.2, -0.15) is 0 Å². The maximum Gasteiger partial charge on any atom is 0.356 e. The molecule has 0 aliphatic carbocycles. The van der Waals surface area contributed by atoms with Crippen LogP contribution in [0, 0.1) is 5.82 Å². The minimum atomic E-state index is -0.693. The van der Waals surface area contributed by atoms with E-state index >= 15 is 0 Å². The Morgan fingerprint density at radius 1 is 1.32 bits per heavy atom. The monoisotopic (exact) mass is 263 g/mol. The maximum absolute atomic E-state index is 12.7. The summed E-state index contributed by atoms with van der Waals surface area (Å²) in [5.74, 6) is -1.69. The minimum Gasteiger partial charge on any atom is -0.464 e. The summed E-state index contributed by atoms with van der Waals surface area (Å²) in [6.45, 7) is 0. The van der Waals surface area contributed by atoms with Crippen molar-refractivity contribution in [2.24, 2.45) is 0 Å². The molecule has 0 spiro atoms. The second-order valence-corrected chi connectivity index (χ2v) is 3.58. The van der Waals surface area contributed by atoms with Gasteiger partial charge in [-0.1, -0.05) is 0 Å². The molecule has 0 unspecified atom stereocenters. The zero-order valence-corrected chi connectivity index (χ0v) is 9.94. The van der Waals surface area contributed by atoms with E-state index in [1.165, 1.54) is 37.7 Å². The lowest BCUT2D eigenvalue weighted by Gasteiger charge is -2.04. The number of ether oxygens (including phenoxy) is 1. The molecule has 1 aromatic carbocycles. The van der Waals surface area contributed by atoms with Crippen LogP contribution in [-0.4, -0.2) is 29.0 Å². The van der Waals surface area contributed by atoms with Crippen LogP contribution in [0.2, 0.25) is 0 Å². The van der Waals surface area contributed by atoms with Crippen LogP contribution in [0.25, 0.3) is 0 Å². The second kappa shape index (κ2) is 5.30. The van der Waals surface area contributed by atoms with E-state index in [0.29, 0.717) is 5.69 Å².